The van der Waals surface area contributed by atoms with Crippen molar-refractivity contribution in [2.45, 2.75) is 18.7 Å². The topological polar surface area (TPSA) is 26.8 Å². The molecule has 0 bridgehead atoms. The zero-order valence-electron chi connectivity index (χ0n) is 13.4. The monoisotopic (exact) mass is 345 g/mol. The minimum absolute atomic E-state index is 0.0274. The first-order chi connectivity index (χ1) is 11.1. The van der Waals surface area contributed by atoms with Crippen molar-refractivity contribution in [3.05, 3.63) is 47.1 Å². The molecular formula is C17H19N3OS2. The standard InChI is InChI=1S/C17H19N3OS2/c1-4-19-12-8-6-7-9-14(12)23-15(19)11-10-13-16(21)20(5-2)17(22)18(13)3/h6-11H,4-5H2,1-3H3. The Morgan fingerprint density at radius 1 is 1.13 bits per heavy atom. The van der Waals surface area contributed by atoms with Gasteiger partial charge in [0, 0.05) is 25.0 Å². The third-order valence-corrected chi connectivity index (χ3v) is 5.62. The lowest BCUT2D eigenvalue weighted by Crippen LogP contribution is -2.30. The van der Waals surface area contributed by atoms with E-state index < -0.39 is 0 Å². The zero-order valence-corrected chi connectivity index (χ0v) is 15.1. The van der Waals surface area contributed by atoms with Crippen LogP contribution in [-0.4, -0.2) is 41.0 Å². The van der Waals surface area contributed by atoms with Crippen LogP contribution in [0.3, 0.4) is 0 Å². The molecule has 23 heavy (non-hydrogen) atoms. The van der Waals surface area contributed by atoms with E-state index in [2.05, 4.69) is 30.0 Å². The molecule has 4 nitrogen and oxygen atoms in total. The summed E-state index contributed by atoms with van der Waals surface area (Å²) < 4.78 is 0. The number of fused-ring (bicyclic) bond motifs is 1. The van der Waals surface area contributed by atoms with Crippen molar-refractivity contribution in [3.8, 4) is 0 Å². The first kappa shape index (κ1) is 16.1. The highest BCUT2D eigenvalue weighted by molar-refractivity contribution is 8.03. The Morgan fingerprint density at radius 2 is 1.83 bits per heavy atom. The number of carbonyl (C=O) groups excluding carboxylic acids is 1. The second-order valence-electron chi connectivity index (χ2n) is 5.26. The van der Waals surface area contributed by atoms with Gasteiger partial charge >= 0.3 is 0 Å². The van der Waals surface area contributed by atoms with Gasteiger partial charge in [-0.05, 0) is 50.4 Å². The van der Waals surface area contributed by atoms with E-state index >= 15 is 0 Å². The molecule has 0 saturated carbocycles. The number of hydrogen-bond donors (Lipinski definition) is 0. The lowest BCUT2D eigenvalue weighted by molar-refractivity contribution is -0.122. The fraction of sp³-hybridized carbons (Fsp3) is 0.294. The highest BCUT2D eigenvalue weighted by atomic mass is 32.2. The van der Waals surface area contributed by atoms with Gasteiger partial charge in [0.1, 0.15) is 5.70 Å². The average Bonchev–Trinajstić information content (AvgIpc) is 3.01. The molecule has 2 heterocycles. The molecule has 2 aliphatic heterocycles. The van der Waals surface area contributed by atoms with Crippen molar-refractivity contribution >= 4 is 40.7 Å². The third-order valence-electron chi connectivity index (χ3n) is 4.00. The predicted molar refractivity (Wildman–Crippen MR) is 99.2 cm³/mol. The maximum Gasteiger partial charge on any atom is 0.276 e. The molecule has 0 aromatic heterocycles. The van der Waals surface area contributed by atoms with Crippen LogP contribution in [0.1, 0.15) is 13.8 Å². The molecule has 0 spiro atoms. The predicted octanol–water partition coefficient (Wildman–Crippen LogP) is 3.42. The van der Waals surface area contributed by atoms with Crippen LogP contribution in [0.15, 0.2) is 52.0 Å². The maximum absolute atomic E-state index is 12.4. The Kier molecular flexibility index (Phi) is 4.46. The summed E-state index contributed by atoms with van der Waals surface area (Å²) in [6, 6.07) is 8.35. The van der Waals surface area contributed by atoms with Crippen molar-refractivity contribution in [2.75, 3.05) is 25.0 Å². The Balaban J connectivity index is 1.91. The van der Waals surface area contributed by atoms with Gasteiger partial charge in [-0.15, -0.1) is 0 Å². The summed E-state index contributed by atoms with van der Waals surface area (Å²) in [5.74, 6) is -0.0274. The van der Waals surface area contributed by atoms with E-state index in [0.717, 1.165) is 11.6 Å². The molecule has 0 atom stereocenters. The lowest BCUT2D eigenvalue weighted by atomic mass is 10.3. The number of benzene rings is 1. The summed E-state index contributed by atoms with van der Waals surface area (Å²) in [5.41, 5.74) is 1.85. The van der Waals surface area contributed by atoms with Crippen molar-refractivity contribution < 1.29 is 4.79 Å². The van der Waals surface area contributed by atoms with Crippen LogP contribution < -0.4 is 4.90 Å². The van der Waals surface area contributed by atoms with Gasteiger partial charge in [0.05, 0.1) is 10.7 Å². The molecule has 1 aromatic rings. The molecule has 2 aliphatic rings. The van der Waals surface area contributed by atoms with Crippen LogP contribution in [0, 0.1) is 0 Å². The number of allylic oxidation sites excluding steroid dienone is 2. The van der Waals surface area contributed by atoms with Crippen LogP contribution >= 0.6 is 24.0 Å². The first-order valence-electron chi connectivity index (χ1n) is 7.64. The molecule has 0 N–H and O–H groups in total. The number of thioether (sulfide) groups is 1. The van der Waals surface area contributed by atoms with Crippen LogP contribution in [0.4, 0.5) is 5.69 Å². The number of anilines is 1. The van der Waals surface area contributed by atoms with Crippen molar-refractivity contribution in [1.82, 2.24) is 9.80 Å². The molecule has 0 aliphatic carbocycles. The molecule has 1 amide bonds. The van der Waals surface area contributed by atoms with E-state index in [1.807, 2.05) is 32.2 Å². The second-order valence-corrected chi connectivity index (χ2v) is 6.69. The largest absolute Gasteiger partial charge is 0.335 e. The molecular weight excluding hydrogens is 326 g/mol. The SMILES string of the molecule is CCN1C(=O)C(=CC=C2Sc3ccccc3N2CC)N(C)C1=S. The van der Waals surface area contributed by atoms with Crippen LogP contribution in [-0.2, 0) is 4.79 Å². The van der Waals surface area contributed by atoms with E-state index in [1.165, 1.54) is 10.6 Å². The zero-order chi connectivity index (χ0) is 16.6. The summed E-state index contributed by atoms with van der Waals surface area (Å²) in [6.45, 7) is 5.55. The Labute approximate surface area is 146 Å². The van der Waals surface area contributed by atoms with E-state index in [4.69, 9.17) is 12.2 Å². The summed E-state index contributed by atoms with van der Waals surface area (Å²) in [5, 5.41) is 1.69. The summed E-state index contributed by atoms with van der Waals surface area (Å²) in [4.78, 5) is 19.3. The second kappa shape index (κ2) is 6.37. The molecule has 1 aromatic carbocycles. The van der Waals surface area contributed by atoms with Gasteiger partial charge in [-0.25, -0.2) is 0 Å². The third kappa shape index (κ3) is 2.66. The van der Waals surface area contributed by atoms with Crippen LogP contribution in [0.25, 0.3) is 0 Å². The fourth-order valence-corrected chi connectivity index (χ4v) is 4.21. The van der Waals surface area contributed by atoms with Gasteiger partial charge in [-0.1, -0.05) is 23.9 Å². The van der Waals surface area contributed by atoms with Crippen molar-refractivity contribution in [2.24, 2.45) is 0 Å². The normalized spacial score (nSPS) is 21.1. The van der Waals surface area contributed by atoms with E-state index in [9.17, 15) is 4.79 Å². The number of amides is 1. The molecule has 120 valence electrons. The number of thiocarbonyl (C=S) groups is 1. The Morgan fingerprint density at radius 3 is 2.48 bits per heavy atom. The lowest BCUT2D eigenvalue weighted by Gasteiger charge is -2.17. The summed E-state index contributed by atoms with van der Waals surface area (Å²) >= 11 is 7.05. The molecule has 0 radical (unpaired) electrons. The first-order valence-corrected chi connectivity index (χ1v) is 8.86. The molecule has 0 unspecified atom stereocenters. The van der Waals surface area contributed by atoms with Gasteiger partial charge in [-0.2, -0.15) is 0 Å². The maximum atomic E-state index is 12.4. The highest BCUT2D eigenvalue weighted by Crippen LogP contribution is 2.45. The van der Waals surface area contributed by atoms with E-state index in [0.29, 0.717) is 17.4 Å². The number of nitrogens with zero attached hydrogens (tertiary/aromatic N) is 3. The van der Waals surface area contributed by atoms with Gasteiger partial charge < -0.3 is 9.80 Å². The summed E-state index contributed by atoms with van der Waals surface area (Å²) in [7, 11) is 1.84. The Hall–Kier alpha value is -1.79. The molecule has 6 heteroatoms. The Bertz CT molecular complexity index is 726. The quantitative estimate of drug-likeness (QED) is 0.618. The van der Waals surface area contributed by atoms with Crippen LogP contribution in [0.2, 0.25) is 0 Å². The molecule has 3 rings (SSSR count). The minimum atomic E-state index is -0.0274. The highest BCUT2D eigenvalue weighted by Gasteiger charge is 2.34. The van der Waals surface area contributed by atoms with Crippen LogP contribution in [0.5, 0.6) is 0 Å². The fourth-order valence-electron chi connectivity index (χ4n) is 2.77. The summed E-state index contributed by atoms with van der Waals surface area (Å²) in [6.07, 6.45) is 3.89. The number of hydrogen-bond acceptors (Lipinski definition) is 4. The van der Waals surface area contributed by atoms with E-state index in [1.54, 1.807) is 21.6 Å². The number of likely N-dealkylation sites (N-methyl/N-ethyl adjacent to an activating group) is 2. The number of para-hydroxylation sites is 1. The smallest absolute Gasteiger partial charge is 0.276 e. The van der Waals surface area contributed by atoms with Crippen molar-refractivity contribution in [1.29, 1.82) is 0 Å². The van der Waals surface area contributed by atoms with Gasteiger partial charge in [-0.3, -0.25) is 9.69 Å². The van der Waals surface area contributed by atoms with Crippen molar-refractivity contribution in [3.63, 3.8) is 0 Å². The minimum Gasteiger partial charge on any atom is -0.335 e. The number of carbonyl (C=O) groups is 1. The molecule has 1 saturated heterocycles. The van der Waals surface area contributed by atoms with Gasteiger partial charge in [0.2, 0.25) is 0 Å². The molecule has 1 fully saturated rings. The average molecular weight is 345 g/mol. The number of rotatable bonds is 3. The van der Waals surface area contributed by atoms with Gasteiger partial charge in [0.15, 0.2) is 5.11 Å². The van der Waals surface area contributed by atoms with E-state index in [-0.39, 0.29) is 5.91 Å². The van der Waals surface area contributed by atoms with Gasteiger partial charge in [0.25, 0.3) is 5.91 Å².